The molecule has 0 saturated heterocycles. The van der Waals surface area contributed by atoms with Crippen molar-refractivity contribution in [2.24, 2.45) is 12.8 Å². The zero-order valence-electron chi connectivity index (χ0n) is 11.8. The van der Waals surface area contributed by atoms with Crippen molar-refractivity contribution in [3.05, 3.63) is 24.7 Å². The molecule has 0 aliphatic heterocycles. The molecule has 0 radical (unpaired) electrons. The topological polar surface area (TPSA) is 76.6 Å². The molecule has 1 atom stereocenters. The molecule has 1 unspecified atom stereocenters. The molecule has 0 bridgehead atoms. The average molecular weight is 267 g/mol. The van der Waals surface area contributed by atoms with Gasteiger partial charge in [0.2, 0.25) is 0 Å². The van der Waals surface area contributed by atoms with Crippen LogP contribution in [0.5, 0.6) is 0 Å². The fourth-order valence-corrected chi connectivity index (χ4v) is 1.95. The van der Waals surface area contributed by atoms with E-state index in [9.17, 15) is 4.79 Å². The third kappa shape index (κ3) is 3.12. The number of aryl methyl sites for hydroxylation is 1. The van der Waals surface area contributed by atoms with Gasteiger partial charge in [0, 0.05) is 20.7 Å². The number of carbonyl (C=O) groups excluding carboxylic acids is 1. The van der Waals surface area contributed by atoms with E-state index in [2.05, 4.69) is 11.6 Å². The summed E-state index contributed by atoms with van der Waals surface area (Å²) in [5, 5.41) is 0. The van der Waals surface area contributed by atoms with Crippen LogP contribution < -0.4 is 10.6 Å². The molecule has 0 saturated carbocycles. The van der Waals surface area contributed by atoms with Crippen LogP contribution in [0.25, 0.3) is 0 Å². The van der Waals surface area contributed by atoms with Gasteiger partial charge in [-0.05, 0) is 14.1 Å². The van der Waals surface area contributed by atoms with E-state index in [-0.39, 0.29) is 6.35 Å². The van der Waals surface area contributed by atoms with Gasteiger partial charge >= 0.3 is 0 Å². The van der Waals surface area contributed by atoms with Crippen molar-refractivity contribution in [1.82, 2.24) is 14.5 Å². The summed E-state index contributed by atoms with van der Waals surface area (Å²) in [5.41, 5.74) is 5.74. The fourth-order valence-electron chi connectivity index (χ4n) is 1.95. The van der Waals surface area contributed by atoms with E-state index in [1.54, 1.807) is 31.1 Å². The lowest BCUT2D eigenvalue weighted by Crippen LogP contribution is -2.47. The van der Waals surface area contributed by atoms with Gasteiger partial charge in [0.15, 0.2) is 17.9 Å². The molecule has 1 aromatic rings. The summed E-state index contributed by atoms with van der Waals surface area (Å²) >= 11 is 0. The Hall–Kier alpha value is -1.86. The summed E-state index contributed by atoms with van der Waals surface area (Å²) in [4.78, 5) is 19.5. The van der Waals surface area contributed by atoms with Gasteiger partial charge in [-0.1, -0.05) is 6.08 Å². The summed E-state index contributed by atoms with van der Waals surface area (Å²) in [6.45, 7) is 4.20. The molecule has 106 valence electrons. The highest BCUT2D eigenvalue weighted by Crippen LogP contribution is 2.21. The zero-order valence-corrected chi connectivity index (χ0v) is 11.8. The van der Waals surface area contributed by atoms with Crippen LogP contribution in [-0.2, 0) is 11.8 Å². The Morgan fingerprint density at radius 1 is 1.68 bits per heavy atom. The van der Waals surface area contributed by atoms with Crippen LogP contribution in [0.1, 0.15) is 10.5 Å². The minimum absolute atomic E-state index is 0.339. The maximum atomic E-state index is 11.5. The van der Waals surface area contributed by atoms with Gasteiger partial charge in [-0.15, -0.1) is 6.58 Å². The van der Waals surface area contributed by atoms with E-state index < -0.39 is 5.91 Å². The Bertz CT molecular complexity index is 455. The third-order valence-electron chi connectivity index (χ3n) is 2.67. The molecule has 7 nitrogen and oxygen atoms in total. The summed E-state index contributed by atoms with van der Waals surface area (Å²) in [6, 6.07) is 0. The van der Waals surface area contributed by atoms with Crippen molar-refractivity contribution in [1.29, 1.82) is 0 Å². The molecule has 0 aromatic carbocycles. The van der Waals surface area contributed by atoms with Crippen LogP contribution in [-0.4, -0.2) is 54.5 Å². The Balaban J connectivity index is 3.26. The molecule has 19 heavy (non-hydrogen) atoms. The average Bonchev–Trinajstić information content (AvgIpc) is 2.70. The van der Waals surface area contributed by atoms with E-state index in [0.29, 0.717) is 18.1 Å². The van der Waals surface area contributed by atoms with Crippen LogP contribution in [0, 0.1) is 0 Å². The first-order valence-electron chi connectivity index (χ1n) is 5.81. The van der Waals surface area contributed by atoms with E-state index >= 15 is 0 Å². The van der Waals surface area contributed by atoms with Crippen molar-refractivity contribution < 1.29 is 9.53 Å². The van der Waals surface area contributed by atoms with Crippen LogP contribution >= 0.6 is 0 Å². The van der Waals surface area contributed by atoms with Crippen LogP contribution in [0.3, 0.4) is 0 Å². The molecule has 0 aliphatic carbocycles. The number of primary amides is 1. The lowest BCUT2D eigenvalue weighted by Gasteiger charge is -2.34. The summed E-state index contributed by atoms with van der Waals surface area (Å²) in [5.74, 6) is -0.0480. The summed E-state index contributed by atoms with van der Waals surface area (Å²) in [6.07, 6.45) is 2.90. The molecule has 1 rings (SSSR count). The van der Waals surface area contributed by atoms with Crippen molar-refractivity contribution in [2.75, 3.05) is 32.6 Å². The Morgan fingerprint density at radius 2 is 2.32 bits per heavy atom. The monoisotopic (exact) mass is 267 g/mol. The van der Waals surface area contributed by atoms with E-state index in [4.69, 9.17) is 10.5 Å². The second-order valence-corrected chi connectivity index (χ2v) is 4.36. The SMILES string of the molecule is C=CCN(c1ncn(C)c1C(N)=O)C(OC)N(C)C. The van der Waals surface area contributed by atoms with Crippen molar-refractivity contribution in [3.63, 3.8) is 0 Å². The normalized spacial score (nSPS) is 12.5. The second-order valence-electron chi connectivity index (χ2n) is 4.36. The highest BCUT2D eigenvalue weighted by atomic mass is 16.5. The van der Waals surface area contributed by atoms with E-state index in [1.165, 1.54) is 0 Å². The molecule has 7 heteroatoms. The largest absolute Gasteiger partial charge is 0.364 e. The zero-order chi connectivity index (χ0) is 14.6. The first kappa shape index (κ1) is 15.2. The number of carbonyl (C=O) groups is 1. The highest BCUT2D eigenvalue weighted by Gasteiger charge is 2.26. The predicted molar refractivity (Wildman–Crippen MR) is 73.8 cm³/mol. The maximum absolute atomic E-state index is 11.5. The molecule has 1 amide bonds. The standard InChI is InChI=1S/C12H21N5O2/c1-6-7-17(12(19-5)15(2)3)11-9(10(13)18)16(4)8-14-11/h6,8,12H,1,7H2,2-5H3,(H2,13,18). The van der Waals surface area contributed by atoms with E-state index in [0.717, 1.165) is 0 Å². The molecule has 0 spiro atoms. The van der Waals surface area contributed by atoms with Crippen LogP contribution in [0.4, 0.5) is 5.82 Å². The lowest BCUT2D eigenvalue weighted by atomic mass is 10.3. The molecular weight excluding hydrogens is 246 g/mol. The number of methoxy groups -OCH3 is 1. The van der Waals surface area contributed by atoms with Gasteiger partial charge in [0.1, 0.15) is 0 Å². The minimum Gasteiger partial charge on any atom is -0.364 e. The number of rotatable bonds is 7. The van der Waals surface area contributed by atoms with Crippen molar-refractivity contribution >= 4 is 11.7 Å². The van der Waals surface area contributed by atoms with Gasteiger partial charge in [0.05, 0.1) is 6.33 Å². The van der Waals surface area contributed by atoms with Gasteiger partial charge in [0.25, 0.3) is 5.91 Å². The molecule has 0 fully saturated rings. The smallest absolute Gasteiger partial charge is 0.269 e. The number of hydrogen-bond acceptors (Lipinski definition) is 5. The number of anilines is 1. The number of imidazole rings is 1. The quantitative estimate of drug-likeness (QED) is 0.556. The fraction of sp³-hybridized carbons (Fsp3) is 0.500. The number of hydrogen-bond donors (Lipinski definition) is 1. The highest BCUT2D eigenvalue weighted by molar-refractivity contribution is 5.96. The number of ether oxygens (including phenoxy) is 1. The molecule has 1 aromatic heterocycles. The Kier molecular flexibility index (Phi) is 5.08. The van der Waals surface area contributed by atoms with Crippen molar-refractivity contribution in [3.8, 4) is 0 Å². The Morgan fingerprint density at radius 3 is 2.74 bits per heavy atom. The Labute approximate surface area is 113 Å². The minimum atomic E-state index is -0.530. The number of aromatic nitrogens is 2. The van der Waals surface area contributed by atoms with Gasteiger partial charge in [-0.2, -0.15) is 0 Å². The lowest BCUT2D eigenvalue weighted by molar-refractivity contribution is -0.00438. The first-order valence-corrected chi connectivity index (χ1v) is 5.81. The second kappa shape index (κ2) is 6.35. The van der Waals surface area contributed by atoms with E-state index in [1.807, 2.05) is 23.9 Å². The maximum Gasteiger partial charge on any atom is 0.269 e. The van der Waals surface area contributed by atoms with Crippen LogP contribution in [0.15, 0.2) is 19.0 Å². The van der Waals surface area contributed by atoms with Crippen LogP contribution in [0.2, 0.25) is 0 Å². The van der Waals surface area contributed by atoms with Crippen molar-refractivity contribution in [2.45, 2.75) is 6.35 Å². The number of amides is 1. The molecule has 1 heterocycles. The number of nitrogens with zero attached hydrogens (tertiary/aromatic N) is 4. The summed E-state index contributed by atoms with van der Waals surface area (Å²) in [7, 11) is 7.06. The first-order chi connectivity index (χ1) is 8.93. The van der Waals surface area contributed by atoms with Gasteiger partial charge in [-0.3, -0.25) is 9.69 Å². The third-order valence-corrected chi connectivity index (χ3v) is 2.67. The van der Waals surface area contributed by atoms with Gasteiger partial charge in [-0.25, -0.2) is 4.98 Å². The number of nitrogens with two attached hydrogens (primary N) is 1. The predicted octanol–water partition coefficient (Wildman–Crippen LogP) is 0.00300. The molecule has 0 aliphatic rings. The molecule has 2 N–H and O–H groups in total. The van der Waals surface area contributed by atoms with Gasteiger partial charge < -0.3 is 19.9 Å². The summed E-state index contributed by atoms with van der Waals surface area (Å²) < 4.78 is 7.02. The molecular formula is C12H21N5O2.